The average molecular weight is 1540 g/mol. The number of unbranched alkanes of at least 4 members (excludes halogenated alkanes) is 31. The Balaban J connectivity index is 1.44. The zero-order valence-corrected chi connectivity index (χ0v) is 63.9. The van der Waals surface area contributed by atoms with Gasteiger partial charge in [0.15, 0.2) is 12.6 Å². The first-order chi connectivity index (χ1) is 51.2. The van der Waals surface area contributed by atoms with Crippen LogP contribution in [0.3, 0.4) is 0 Å². The van der Waals surface area contributed by atoms with Crippen LogP contribution in [-0.4, -0.2) is 290 Å². The molecule has 0 aromatic carbocycles. The molecule has 4 heterocycles. The number of aliphatic hydroxyl groups is 14. The molecule has 24 unspecified atom stereocenters. The first-order valence-electron chi connectivity index (χ1n) is 40.0. The summed E-state index contributed by atoms with van der Waals surface area (Å²) >= 11 is 0. The standard InChI is InChI=1S/C75H137N3O29/c1-5-7-9-11-13-15-17-19-20-21-22-23-24-25-27-29-31-33-35-37-39-57(89)78-49(50(85)38-36-34-32-30-28-26-18-16-14-12-10-8-6-2)46-100-70-64(94)63(93)66(56(45-82)102-70)103-71-65(95)69(61(91)54(43-80)101-71)107-75(73(98)99)41-52(87)59(77-48(4)84)68(106-75)62(92)55(44-81)104-74(72(96)97)40-51(86)58(76-47(3)83)67(105-74)60(90)53(88)42-79/h49-56,58-71,79-82,85-88,90-95H,5-46H2,1-4H3,(H,76,83)(H,77,84)(H,78,89)(H,96,97)(H,98,99). The van der Waals surface area contributed by atoms with Crippen molar-refractivity contribution in [1.29, 1.82) is 0 Å². The van der Waals surface area contributed by atoms with Gasteiger partial charge in [0, 0.05) is 33.1 Å². The van der Waals surface area contributed by atoms with Gasteiger partial charge in [0.05, 0.1) is 69.5 Å². The fourth-order valence-corrected chi connectivity index (χ4v) is 14.7. The Labute approximate surface area is 631 Å². The van der Waals surface area contributed by atoms with Gasteiger partial charge in [-0.15, -0.1) is 0 Å². The highest BCUT2D eigenvalue weighted by Gasteiger charge is 2.62. The quantitative estimate of drug-likeness (QED) is 0.0389. The molecule has 32 nitrogen and oxygen atoms in total. The first-order valence-corrected chi connectivity index (χ1v) is 40.0. The Hall–Kier alpha value is -3.53. The molecule has 0 aromatic rings. The third kappa shape index (κ3) is 31.8. The summed E-state index contributed by atoms with van der Waals surface area (Å²) in [6.45, 7) is 1.21. The van der Waals surface area contributed by atoms with Gasteiger partial charge in [-0.1, -0.05) is 219 Å². The number of carbonyl (C=O) groups excluding carboxylic acids is 3. The SMILES string of the molecule is CCCCCCCCCCCCCCCCCCCCCCC(=O)NC(COC1OC(CO)C(OC2OC(CO)C(O)C(OC3(C(=O)O)CC(O)C(NC(C)=O)C(C(O)C(CO)OC4(C(=O)O)CC(O)C(NC(C)=O)C(C(O)C(O)CO)O4)O3)C2O)C(O)C1O)C(O)CCCCCCCCCCCCCCC. The Morgan fingerprint density at radius 2 is 0.879 bits per heavy atom. The van der Waals surface area contributed by atoms with Crippen molar-refractivity contribution in [2.24, 2.45) is 0 Å². The van der Waals surface area contributed by atoms with Crippen molar-refractivity contribution in [3.05, 3.63) is 0 Å². The lowest BCUT2D eigenvalue weighted by Gasteiger charge is -2.51. The minimum absolute atomic E-state index is 0.180. The molecule has 24 atom stereocenters. The van der Waals surface area contributed by atoms with Crippen LogP contribution in [0.25, 0.3) is 0 Å². The van der Waals surface area contributed by atoms with Crippen molar-refractivity contribution in [3.8, 4) is 0 Å². The molecule has 0 aromatic heterocycles. The van der Waals surface area contributed by atoms with E-state index in [1.54, 1.807) is 0 Å². The minimum atomic E-state index is -3.39. The number of hydrogen-bond donors (Lipinski definition) is 19. The fraction of sp³-hybridized carbons (Fsp3) is 0.933. The minimum Gasteiger partial charge on any atom is -0.477 e. The number of amides is 3. The molecule has 0 radical (unpaired) electrons. The van der Waals surface area contributed by atoms with Crippen molar-refractivity contribution in [1.82, 2.24) is 16.0 Å². The van der Waals surface area contributed by atoms with Gasteiger partial charge in [0.1, 0.15) is 85.5 Å². The number of hydrogen-bond acceptors (Lipinski definition) is 27. The summed E-state index contributed by atoms with van der Waals surface area (Å²) in [6, 6.07) is -4.64. The highest BCUT2D eigenvalue weighted by molar-refractivity contribution is 5.78. The predicted octanol–water partition coefficient (Wildman–Crippen LogP) is 2.51. The summed E-state index contributed by atoms with van der Waals surface area (Å²) in [5.74, 6) is -13.1. The van der Waals surface area contributed by atoms with Gasteiger partial charge in [-0.05, 0) is 12.8 Å². The molecule has 4 saturated heterocycles. The molecular formula is C75H137N3O29. The van der Waals surface area contributed by atoms with Gasteiger partial charge in [0.2, 0.25) is 17.7 Å². The van der Waals surface area contributed by atoms with Crippen molar-refractivity contribution in [2.45, 2.75) is 411 Å². The van der Waals surface area contributed by atoms with E-state index >= 15 is 0 Å². The topological polar surface area (TPSA) is 519 Å². The number of rotatable bonds is 58. The maximum atomic E-state index is 13.6. The predicted molar refractivity (Wildman–Crippen MR) is 386 cm³/mol. The van der Waals surface area contributed by atoms with Crippen LogP contribution >= 0.6 is 0 Å². The lowest BCUT2D eigenvalue weighted by molar-refractivity contribution is -0.388. The van der Waals surface area contributed by atoms with E-state index in [1.165, 1.54) is 148 Å². The van der Waals surface area contributed by atoms with E-state index in [-0.39, 0.29) is 12.3 Å². The Kier molecular flexibility index (Phi) is 46.6. The van der Waals surface area contributed by atoms with Crippen molar-refractivity contribution >= 4 is 29.7 Å². The van der Waals surface area contributed by atoms with E-state index in [9.17, 15) is 106 Å². The molecule has 4 aliphatic heterocycles. The second-order valence-electron chi connectivity index (χ2n) is 30.0. The van der Waals surface area contributed by atoms with Gasteiger partial charge in [0.25, 0.3) is 11.6 Å². The second-order valence-corrected chi connectivity index (χ2v) is 30.0. The summed E-state index contributed by atoms with van der Waals surface area (Å²) in [4.78, 5) is 65.1. The van der Waals surface area contributed by atoms with Crippen LogP contribution in [-0.2, 0) is 61.9 Å². The molecule has 4 aliphatic rings. The Bertz CT molecular complexity index is 2450. The third-order valence-corrected chi connectivity index (χ3v) is 21.1. The van der Waals surface area contributed by atoms with Crippen molar-refractivity contribution < 1.29 is 144 Å². The average Bonchev–Trinajstić information content (AvgIpc) is 0.753. The number of nitrogens with one attached hydrogen (secondary N) is 3. The summed E-state index contributed by atoms with van der Waals surface area (Å²) in [5.41, 5.74) is 0. The number of aliphatic carboxylic acids is 2. The van der Waals surface area contributed by atoms with E-state index in [1.807, 2.05) is 0 Å². The second kappa shape index (κ2) is 52.0. The zero-order valence-electron chi connectivity index (χ0n) is 63.9. The van der Waals surface area contributed by atoms with Gasteiger partial charge < -0.3 is 136 Å². The number of ether oxygens (including phenoxy) is 8. The zero-order chi connectivity index (χ0) is 79.1. The summed E-state index contributed by atoms with van der Waals surface area (Å²) in [6.07, 6.45) is -2.97. The molecule has 4 rings (SSSR count). The molecule has 19 N–H and O–H groups in total. The lowest BCUT2D eigenvalue weighted by Crippen LogP contribution is -2.72. The molecule has 0 saturated carbocycles. The van der Waals surface area contributed by atoms with Crippen LogP contribution < -0.4 is 16.0 Å². The van der Waals surface area contributed by atoms with Crippen LogP contribution in [0.1, 0.15) is 265 Å². The van der Waals surface area contributed by atoms with E-state index in [0.717, 1.165) is 65.2 Å². The van der Waals surface area contributed by atoms with Gasteiger partial charge >= 0.3 is 11.9 Å². The van der Waals surface area contributed by atoms with Gasteiger partial charge in [-0.2, -0.15) is 0 Å². The van der Waals surface area contributed by atoms with Crippen LogP contribution in [0.2, 0.25) is 0 Å². The van der Waals surface area contributed by atoms with Crippen LogP contribution in [0, 0.1) is 0 Å². The largest absolute Gasteiger partial charge is 0.477 e. The number of carboxylic acid groups (broad SMARTS) is 2. The monoisotopic (exact) mass is 1540 g/mol. The van der Waals surface area contributed by atoms with Crippen LogP contribution in [0.15, 0.2) is 0 Å². The fourth-order valence-electron chi connectivity index (χ4n) is 14.7. The molecule has 3 amide bonds. The molecule has 0 aliphatic carbocycles. The molecule has 0 bridgehead atoms. The lowest BCUT2D eigenvalue weighted by atomic mass is 9.87. The highest BCUT2D eigenvalue weighted by atomic mass is 16.8. The molecule has 626 valence electrons. The molecule has 0 spiro atoms. The van der Waals surface area contributed by atoms with Crippen LogP contribution in [0.4, 0.5) is 0 Å². The maximum absolute atomic E-state index is 13.6. The third-order valence-electron chi connectivity index (χ3n) is 21.1. The number of carboxylic acids is 2. The summed E-state index contributed by atoms with van der Waals surface area (Å²) in [7, 11) is 0. The van der Waals surface area contributed by atoms with E-state index in [0.29, 0.717) is 19.3 Å². The van der Waals surface area contributed by atoms with Crippen molar-refractivity contribution in [2.75, 3.05) is 33.0 Å². The Morgan fingerprint density at radius 3 is 1.30 bits per heavy atom. The normalized spacial score (nSPS) is 30.7. The smallest absolute Gasteiger partial charge is 0.364 e. The van der Waals surface area contributed by atoms with Gasteiger partial charge in [-0.3, -0.25) is 14.4 Å². The highest BCUT2D eigenvalue weighted by Crippen LogP contribution is 2.41. The van der Waals surface area contributed by atoms with E-state index in [2.05, 4.69) is 29.8 Å². The maximum Gasteiger partial charge on any atom is 0.364 e. The Morgan fingerprint density at radius 1 is 0.467 bits per heavy atom. The van der Waals surface area contributed by atoms with Crippen LogP contribution in [0.5, 0.6) is 0 Å². The van der Waals surface area contributed by atoms with Gasteiger partial charge in [-0.25, -0.2) is 9.59 Å². The summed E-state index contributed by atoms with van der Waals surface area (Å²) < 4.78 is 46.6. The number of aliphatic hydroxyl groups excluding tert-OH is 14. The first kappa shape index (κ1) is 95.8. The molecule has 107 heavy (non-hydrogen) atoms. The molecule has 4 fully saturated rings. The molecular weight excluding hydrogens is 1410 g/mol. The number of carbonyl (C=O) groups is 5. The van der Waals surface area contributed by atoms with E-state index in [4.69, 9.17) is 37.9 Å². The van der Waals surface area contributed by atoms with Crippen molar-refractivity contribution in [3.63, 3.8) is 0 Å². The summed E-state index contributed by atoms with van der Waals surface area (Å²) in [5, 5.41) is 185. The molecule has 32 heteroatoms. The van der Waals surface area contributed by atoms with E-state index < -0.39 is 216 Å².